The molecule has 11 amide bonds. The standard InChI is InChI=1S/C63H99N15O17/c1-11-32(6)48(58(90)71-41(62(94)95)20-17-27-68-63(66)67)75-53(85)40(25-26-45(64)81)70-52(84)35(9)69-54(86)42(29-38-21-23-39(80)24-22-38)72-55(87)43(28-37-18-15-14-16-19-37)73-56(88)44(30-46(82)83)74-59(91)49(33(7)12-2)77-61(93)51(36(10)79)78-60(92)50(34(8)13-3)76-57(89)47(65)31(4)5/h14-16,18-19,21-24,31-36,40-44,47-51,79-80H,11-13,17,20,25-30,65H2,1-10H3,(H2,64,81)(H,69,86)(H,70,84)(H,71,90)(H,72,87)(H,73,88)(H,74,91)(H,75,85)(H,76,89)(H,77,93)(H,78,92)(H,82,83)(H,94,95)(H4,66,67,68)/t32-,33-,34-,35-,36+,40-,41-,42-,43-,44-,47-,48-,49-,50-,51-/m0/s1. The van der Waals surface area contributed by atoms with Gasteiger partial charge < -0.3 is 96.5 Å². The van der Waals surface area contributed by atoms with E-state index in [1.807, 2.05) is 0 Å². The van der Waals surface area contributed by atoms with Crippen LogP contribution in [-0.2, 0) is 75.2 Å². The number of carbonyl (C=O) groups is 13. The van der Waals surface area contributed by atoms with Gasteiger partial charge in [-0.2, -0.15) is 0 Å². The van der Waals surface area contributed by atoms with Crippen LogP contribution in [0.5, 0.6) is 5.75 Å². The Bertz CT molecular complexity index is 2970. The topological polar surface area (TPSA) is 540 Å². The lowest BCUT2D eigenvalue weighted by Gasteiger charge is -2.31. The van der Waals surface area contributed by atoms with Crippen molar-refractivity contribution in [2.75, 3.05) is 6.54 Å². The highest BCUT2D eigenvalue weighted by atomic mass is 16.4. The molecule has 0 spiro atoms. The fourth-order valence-electron chi connectivity index (χ4n) is 9.38. The summed E-state index contributed by atoms with van der Waals surface area (Å²) < 4.78 is 0. The van der Waals surface area contributed by atoms with E-state index in [0.29, 0.717) is 24.0 Å². The number of guanidine groups is 1. The number of carbonyl (C=O) groups excluding carboxylic acids is 11. The van der Waals surface area contributed by atoms with E-state index >= 15 is 0 Å². The Hall–Kier alpha value is -9.46. The SMILES string of the molecule is CC[C@H](C)[C@H](NC(=O)[C@H](CCC(N)=O)NC(=O)[C@H](C)NC(=O)[C@H](Cc1ccc(O)cc1)NC(=O)[C@H](Cc1ccccc1)NC(=O)[C@H](CC(=O)O)NC(=O)[C@@H](NC(=O)[C@@H](NC(=O)[C@@H](NC(=O)[C@@H](N)C(C)C)[C@@H](C)CC)[C@@H](C)O)[C@@H](C)CC)C(=O)N[C@@H](CCCN=C(N)N)C(=O)O. The molecule has 0 aromatic heterocycles. The largest absolute Gasteiger partial charge is 0.508 e. The van der Waals surface area contributed by atoms with Gasteiger partial charge in [0.05, 0.1) is 18.6 Å². The predicted molar refractivity (Wildman–Crippen MR) is 348 cm³/mol. The summed E-state index contributed by atoms with van der Waals surface area (Å²) in [5, 5.41) is 65.8. The van der Waals surface area contributed by atoms with E-state index in [1.165, 1.54) is 38.1 Å². The summed E-state index contributed by atoms with van der Waals surface area (Å²) in [4.78, 5) is 181. The molecule has 0 aliphatic heterocycles. The van der Waals surface area contributed by atoms with Crippen molar-refractivity contribution in [1.82, 2.24) is 53.2 Å². The molecule has 2 aromatic rings. The van der Waals surface area contributed by atoms with Gasteiger partial charge in [-0.25, -0.2) is 4.79 Å². The van der Waals surface area contributed by atoms with Crippen molar-refractivity contribution in [2.24, 2.45) is 51.6 Å². The average molecular weight is 1340 g/mol. The molecule has 2 aromatic carbocycles. The molecule has 32 nitrogen and oxygen atoms in total. The molecule has 0 aliphatic rings. The number of nitrogens with one attached hydrogen (secondary N) is 10. The minimum atomic E-state index is -1.95. The molecule has 32 heteroatoms. The highest BCUT2D eigenvalue weighted by Gasteiger charge is 2.39. The zero-order valence-electron chi connectivity index (χ0n) is 55.6. The Kier molecular flexibility index (Phi) is 34.9. The van der Waals surface area contributed by atoms with Crippen LogP contribution in [0.2, 0.25) is 0 Å². The maximum absolute atomic E-state index is 14.7. The monoisotopic (exact) mass is 1340 g/mol. The number of carboxylic acid groups (broad SMARTS) is 2. The van der Waals surface area contributed by atoms with E-state index in [2.05, 4.69) is 58.2 Å². The van der Waals surface area contributed by atoms with Crippen LogP contribution in [-0.4, -0.2) is 182 Å². The molecule has 0 fully saturated rings. The van der Waals surface area contributed by atoms with E-state index in [9.17, 15) is 82.8 Å². The Morgan fingerprint density at radius 2 is 0.863 bits per heavy atom. The summed E-state index contributed by atoms with van der Waals surface area (Å²) in [7, 11) is 0. The molecular weight excluding hydrogens is 1240 g/mol. The number of hydrogen-bond acceptors (Lipinski definition) is 17. The maximum Gasteiger partial charge on any atom is 0.326 e. The molecule has 0 bridgehead atoms. The van der Waals surface area contributed by atoms with Crippen LogP contribution in [0.3, 0.4) is 0 Å². The van der Waals surface area contributed by atoms with Crippen molar-refractivity contribution in [3.8, 4) is 5.75 Å². The average Bonchev–Trinajstić information content (AvgIpc) is 0.932. The highest BCUT2D eigenvalue weighted by Crippen LogP contribution is 2.17. The number of nitrogens with two attached hydrogens (primary N) is 4. The second kappa shape index (κ2) is 40.6. The zero-order chi connectivity index (χ0) is 72.0. The Morgan fingerprint density at radius 3 is 1.32 bits per heavy atom. The van der Waals surface area contributed by atoms with Crippen molar-refractivity contribution >= 4 is 82.9 Å². The Morgan fingerprint density at radius 1 is 0.463 bits per heavy atom. The lowest BCUT2D eigenvalue weighted by molar-refractivity contribution is -0.143. The van der Waals surface area contributed by atoms with E-state index in [4.69, 9.17) is 22.9 Å². The molecule has 0 radical (unpaired) electrons. The number of aromatic hydroxyl groups is 1. The number of hydrogen-bond donors (Lipinski definition) is 18. The first-order valence-electron chi connectivity index (χ1n) is 31.6. The smallest absolute Gasteiger partial charge is 0.326 e. The van der Waals surface area contributed by atoms with Gasteiger partial charge in [0.15, 0.2) is 5.96 Å². The van der Waals surface area contributed by atoms with Gasteiger partial charge in [-0.3, -0.25) is 62.5 Å². The van der Waals surface area contributed by atoms with Crippen molar-refractivity contribution in [2.45, 2.75) is 206 Å². The summed E-state index contributed by atoms with van der Waals surface area (Å²) >= 11 is 0. The third-order valence-electron chi connectivity index (χ3n) is 16.0. The van der Waals surface area contributed by atoms with Crippen LogP contribution < -0.4 is 76.1 Å². The van der Waals surface area contributed by atoms with E-state index in [0.717, 1.165) is 0 Å². The van der Waals surface area contributed by atoms with Crippen molar-refractivity contribution < 1.29 is 82.8 Å². The quantitative estimate of drug-likeness (QED) is 0.0184. The van der Waals surface area contributed by atoms with Crippen molar-refractivity contribution in [3.05, 3.63) is 65.7 Å². The number of carboxylic acids is 2. The second-order valence-electron chi connectivity index (χ2n) is 24.1. The number of benzene rings is 2. The zero-order valence-corrected chi connectivity index (χ0v) is 55.6. The first-order valence-corrected chi connectivity index (χ1v) is 31.6. The first-order chi connectivity index (χ1) is 44.5. The maximum atomic E-state index is 14.7. The summed E-state index contributed by atoms with van der Waals surface area (Å²) in [6.45, 7) is 15.9. The van der Waals surface area contributed by atoms with E-state index in [-0.39, 0.29) is 56.3 Å². The molecule has 0 saturated carbocycles. The number of nitrogens with zero attached hydrogens (tertiary/aromatic N) is 1. The lowest BCUT2D eigenvalue weighted by Crippen LogP contribution is -2.63. The number of amides is 11. The normalized spacial score (nSPS) is 15.9. The third-order valence-corrected chi connectivity index (χ3v) is 16.0. The fraction of sp³-hybridized carbons (Fsp3) is 0.587. The van der Waals surface area contributed by atoms with Crippen LogP contribution in [0.25, 0.3) is 0 Å². The van der Waals surface area contributed by atoms with Crippen molar-refractivity contribution in [1.29, 1.82) is 0 Å². The number of aliphatic hydroxyl groups is 1. The number of phenolic OH excluding ortho intramolecular Hbond substituents is 1. The van der Waals surface area contributed by atoms with Gasteiger partial charge in [-0.05, 0) is 80.0 Å². The van der Waals surface area contributed by atoms with Crippen LogP contribution in [0, 0.1) is 23.7 Å². The number of aliphatic imine (C=N–C) groups is 1. The van der Waals surface area contributed by atoms with Crippen LogP contribution in [0.1, 0.15) is 132 Å². The first kappa shape index (κ1) is 81.6. The number of aliphatic carboxylic acids is 2. The molecule has 0 heterocycles. The molecule has 0 unspecified atom stereocenters. The van der Waals surface area contributed by atoms with E-state index in [1.54, 1.807) is 85.7 Å². The molecule has 0 aliphatic carbocycles. The number of primary amides is 1. The second-order valence-corrected chi connectivity index (χ2v) is 24.1. The van der Waals surface area contributed by atoms with Gasteiger partial charge in [-0.1, -0.05) is 117 Å². The lowest BCUT2D eigenvalue weighted by atomic mass is 9.95. The predicted octanol–water partition coefficient (Wildman–Crippen LogP) is -2.57. The van der Waals surface area contributed by atoms with E-state index < -0.39 is 186 Å². The Balaban J connectivity index is 2.55. The number of rotatable bonds is 42. The summed E-state index contributed by atoms with van der Waals surface area (Å²) in [5.41, 5.74) is 23.0. The molecule has 22 N–H and O–H groups in total. The molecule has 15 atom stereocenters. The van der Waals surface area contributed by atoms with Crippen LogP contribution in [0.4, 0.5) is 0 Å². The van der Waals surface area contributed by atoms with Gasteiger partial charge in [0.2, 0.25) is 65.0 Å². The van der Waals surface area contributed by atoms with Crippen LogP contribution >= 0.6 is 0 Å². The van der Waals surface area contributed by atoms with Gasteiger partial charge in [0, 0.05) is 25.8 Å². The fourth-order valence-corrected chi connectivity index (χ4v) is 9.38. The van der Waals surface area contributed by atoms with Crippen molar-refractivity contribution in [3.63, 3.8) is 0 Å². The van der Waals surface area contributed by atoms with Crippen LogP contribution in [0.15, 0.2) is 59.6 Å². The summed E-state index contributed by atoms with van der Waals surface area (Å²) in [5.74, 6) is -16.1. The van der Waals surface area contributed by atoms with Gasteiger partial charge in [0.25, 0.3) is 0 Å². The molecule has 95 heavy (non-hydrogen) atoms. The third kappa shape index (κ3) is 28.3. The highest BCUT2D eigenvalue weighted by molar-refractivity contribution is 6.00. The Labute approximate surface area is 552 Å². The summed E-state index contributed by atoms with van der Waals surface area (Å²) in [6.07, 6.45) is -3.18. The minimum absolute atomic E-state index is 0.0636. The van der Waals surface area contributed by atoms with Gasteiger partial charge in [0.1, 0.15) is 66.2 Å². The van der Waals surface area contributed by atoms with Gasteiger partial charge >= 0.3 is 11.9 Å². The summed E-state index contributed by atoms with van der Waals surface area (Å²) in [6, 6.07) is -3.02. The van der Waals surface area contributed by atoms with Gasteiger partial charge in [-0.15, -0.1) is 0 Å². The molecule has 528 valence electrons. The molecule has 2 rings (SSSR count). The number of phenols is 1. The number of aliphatic hydroxyl groups excluding tert-OH is 1. The minimum Gasteiger partial charge on any atom is -0.508 e. The molecular formula is C63H99N15O17. The molecule has 0 saturated heterocycles.